The summed E-state index contributed by atoms with van der Waals surface area (Å²) < 4.78 is 0. The van der Waals surface area contributed by atoms with E-state index in [-0.39, 0.29) is 0 Å². The number of alkyl halides is 1. The van der Waals surface area contributed by atoms with Crippen molar-refractivity contribution in [3.05, 3.63) is 23.8 Å². The first-order chi connectivity index (χ1) is 3.72. The normalized spacial score (nSPS) is 11.6. The third kappa shape index (κ3) is 2.17. The molecule has 0 amide bonds. The van der Waals surface area contributed by atoms with E-state index in [4.69, 9.17) is 11.6 Å². The lowest BCUT2D eigenvalue weighted by atomic mass is 10.1. The summed E-state index contributed by atoms with van der Waals surface area (Å²) >= 11 is 5.49. The van der Waals surface area contributed by atoms with Crippen molar-refractivity contribution in [2.24, 2.45) is 0 Å². The molecule has 0 rings (SSSR count). The smallest absolute Gasteiger partial charge is 0.0470 e. The van der Waals surface area contributed by atoms with Gasteiger partial charge in [-0.3, -0.25) is 0 Å². The summed E-state index contributed by atoms with van der Waals surface area (Å²) in [6, 6.07) is 0. The van der Waals surface area contributed by atoms with Gasteiger partial charge in [-0.2, -0.15) is 0 Å². The average Bonchev–Trinajstić information content (AvgIpc) is 1.84. The lowest BCUT2D eigenvalue weighted by molar-refractivity contribution is 1.35. The van der Waals surface area contributed by atoms with Gasteiger partial charge in [0, 0.05) is 5.88 Å². The molecule has 0 aliphatic carbocycles. The Morgan fingerprint density at radius 1 is 1.75 bits per heavy atom. The lowest BCUT2D eigenvalue weighted by Gasteiger charge is -1.96. The highest BCUT2D eigenvalue weighted by molar-refractivity contribution is 6.19. The van der Waals surface area contributed by atoms with Crippen LogP contribution in [0.5, 0.6) is 0 Å². The van der Waals surface area contributed by atoms with E-state index < -0.39 is 0 Å². The van der Waals surface area contributed by atoms with Crippen LogP contribution in [-0.2, 0) is 0 Å². The predicted octanol–water partition coefficient (Wildman–Crippen LogP) is 2.75. The maximum absolute atomic E-state index is 5.49. The molecule has 0 aromatic carbocycles. The molecule has 0 atom stereocenters. The summed E-state index contributed by atoms with van der Waals surface area (Å²) in [4.78, 5) is 0. The molecule has 0 bridgehead atoms. The van der Waals surface area contributed by atoms with E-state index in [0.717, 1.165) is 5.57 Å². The summed E-state index contributed by atoms with van der Waals surface area (Å²) in [5, 5.41) is 0. The van der Waals surface area contributed by atoms with E-state index in [0.29, 0.717) is 5.88 Å². The standard InChI is InChI=1S/C7H11Cl/c1-4-6(2)7(3)5-8/h4H,3,5H2,1-2H3/b6-4-. The van der Waals surface area contributed by atoms with Gasteiger partial charge in [0.05, 0.1) is 0 Å². The van der Waals surface area contributed by atoms with Crippen molar-refractivity contribution in [2.75, 3.05) is 5.88 Å². The molecule has 0 saturated heterocycles. The van der Waals surface area contributed by atoms with Gasteiger partial charge in [-0.05, 0) is 19.4 Å². The zero-order valence-corrected chi connectivity index (χ0v) is 6.13. The average molecular weight is 131 g/mol. The van der Waals surface area contributed by atoms with Gasteiger partial charge in [0.2, 0.25) is 0 Å². The third-order valence-electron chi connectivity index (χ3n) is 1.15. The van der Waals surface area contributed by atoms with Crippen LogP contribution in [0.25, 0.3) is 0 Å². The van der Waals surface area contributed by atoms with E-state index in [1.165, 1.54) is 5.57 Å². The topological polar surface area (TPSA) is 0 Å². The number of hydrogen-bond acceptors (Lipinski definition) is 0. The molecule has 0 aromatic rings. The fourth-order valence-corrected chi connectivity index (χ4v) is 0.520. The van der Waals surface area contributed by atoms with Gasteiger partial charge in [0.25, 0.3) is 0 Å². The molecule has 0 heterocycles. The van der Waals surface area contributed by atoms with Gasteiger partial charge < -0.3 is 0 Å². The SMILES string of the molecule is C=C(CCl)/C(C)=C\C. The molecule has 0 spiro atoms. The first kappa shape index (κ1) is 7.77. The minimum absolute atomic E-state index is 0.538. The van der Waals surface area contributed by atoms with Crippen LogP contribution in [0.2, 0.25) is 0 Å². The molecule has 8 heavy (non-hydrogen) atoms. The third-order valence-corrected chi connectivity index (χ3v) is 1.47. The molecule has 0 fully saturated rings. The predicted molar refractivity (Wildman–Crippen MR) is 39.3 cm³/mol. The molecular formula is C7H11Cl. The van der Waals surface area contributed by atoms with Gasteiger partial charge in [-0.1, -0.05) is 18.2 Å². The van der Waals surface area contributed by atoms with Crippen LogP contribution in [0.4, 0.5) is 0 Å². The molecule has 1 heteroatoms. The highest BCUT2D eigenvalue weighted by Gasteiger charge is 1.89. The maximum atomic E-state index is 5.49. The Labute approximate surface area is 55.9 Å². The molecule has 0 aliphatic rings. The lowest BCUT2D eigenvalue weighted by Crippen LogP contribution is -1.82. The Balaban J connectivity index is 3.83. The summed E-state index contributed by atoms with van der Waals surface area (Å²) in [5.41, 5.74) is 2.19. The molecule has 0 nitrogen and oxygen atoms in total. The summed E-state index contributed by atoms with van der Waals surface area (Å²) in [7, 11) is 0. The Hall–Kier alpha value is -0.230. The first-order valence-corrected chi connectivity index (χ1v) is 3.12. The van der Waals surface area contributed by atoms with Crippen molar-refractivity contribution in [2.45, 2.75) is 13.8 Å². The van der Waals surface area contributed by atoms with E-state index in [1.54, 1.807) is 0 Å². The second kappa shape index (κ2) is 3.73. The van der Waals surface area contributed by atoms with Crippen molar-refractivity contribution in [3.63, 3.8) is 0 Å². The van der Waals surface area contributed by atoms with E-state index in [2.05, 4.69) is 6.58 Å². The first-order valence-electron chi connectivity index (χ1n) is 2.59. The van der Waals surface area contributed by atoms with Gasteiger partial charge >= 0.3 is 0 Å². The Morgan fingerprint density at radius 3 is 2.38 bits per heavy atom. The van der Waals surface area contributed by atoms with Crippen LogP contribution in [0.1, 0.15) is 13.8 Å². The second-order valence-electron chi connectivity index (χ2n) is 1.71. The Morgan fingerprint density at radius 2 is 2.25 bits per heavy atom. The number of hydrogen-bond donors (Lipinski definition) is 0. The highest BCUT2D eigenvalue weighted by atomic mass is 35.5. The van der Waals surface area contributed by atoms with Crippen LogP contribution >= 0.6 is 11.6 Å². The van der Waals surface area contributed by atoms with Crippen LogP contribution < -0.4 is 0 Å². The van der Waals surface area contributed by atoms with Crippen molar-refractivity contribution < 1.29 is 0 Å². The molecular weight excluding hydrogens is 120 g/mol. The molecule has 0 radical (unpaired) electrons. The van der Waals surface area contributed by atoms with E-state index >= 15 is 0 Å². The summed E-state index contributed by atoms with van der Waals surface area (Å²) in [5.74, 6) is 0.538. The van der Waals surface area contributed by atoms with Crippen LogP contribution in [0, 0.1) is 0 Å². The summed E-state index contributed by atoms with van der Waals surface area (Å²) in [6.45, 7) is 7.73. The van der Waals surface area contributed by atoms with Gasteiger partial charge in [-0.25, -0.2) is 0 Å². The fourth-order valence-electron chi connectivity index (χ4n) is 0.310. The second-order valence-corrected chi connectivity index (χ2v) is 1.98. The maximum Gasteiger partial charge on any atom is 0.0470 e. The van der Waals surface area contributed by atoms with Crippen molar-refractivity contribution in [1.29, 1.82) is 0 Å². The number of allylic oxidation sites excluding steroid dienone is 3. The van der Waals surface area contributed by atoms with E-state index in [1.807, 2.05) is 19.9 Å². The van der Waals surface area contributed by atoms with Crippen molar-refractivity contribution in [3.8, 4) is 0 Å². The Bertz CT molecular complexity index is 112. The molecule has 0 unspecified atom stereocenters. The van der Waals surface area contributed by atoms with Crippen LogP contribution in [-0.4, -0.2) is 5.88 Å². The monoisotopic (exact) mass is 130 g/mol. The molecule has 0 N–H and O–H groups in total. The Kier molecular flexibility index (Phi) is 3.63. The highest BCUT2D eigenvalue weighted by Crippen LogP contribution is 2.06. The zero-order valence-electron chi connectivity index (χ0n) is 5.37. The quantitative estimate of drug-likeness (QED) is 0.398. The van der Waals surface area contributed by atoms with Crippen LogP contribution in [0.15, 0.2) is 23.8 Å². The van der Waals surface area contributed by atoms with Crippen molar-refractivity contribution in [1.82, 2.24) is 0 Å². The molecule has 46 valence electrons. The molecule has 0 aliphatic heterocycles. The van der Waals surface area contributed by atoms with Gasteiger partial charge in [0.15, 0.2) is 0 Å². The fraction of sp³-hybridized carbons (Fsp3) is 0.429. The molecule has 0 saturated carbocycles. The largest absolute Gasteiger partial charge is 0.122 e. The van der Waals surface area contributed by atoms with Crippen molar-refractivity contribution >= 4 is 11.6 Å². The number of halogens is 1. The zero-order chi connectivity index (χ0) is 6.57. The van der Waals surface area contributed by atoms with Gasteiger partial charge in [0.1, 0.15) is 0 Å². The number of rotatable bonds is 2. The van der Waals surface area contributed by atoms with E-state index in [9.17, 15) is 0 Å². The summed E-state index contributed by atoms with van der Waals surface area (Å²) in [6.07, 6.45) is 2.00. The van der Waals surface area contributed by atoms with Gasteiger partial charge in [-0.15, -0.1) is 11.6 Å². The minimum atomic E-state index is 0.538. The van der Waals surface area contributed by atoms with Crippen LogP contribution in [0.3, 0.4) is 0 Å². The molecule has 0 aromatic heterocycles. The minimum Gasteiger partial charge on any atom is -0.122 e.